The molecule has 0 amide bonds. The number of hydrogen-bond acceptors (Lipinski definition) is 3. The van der Waals surface area contributed by atoms with Crippen molar-refractivity contribution in [1.82, 2.24) is 0 Å². The molecule has 0 aromatic rings. The van der Waals surface area contributed by atoms with Crippen LogP contribution in [0.3, 0.4) is 0 Å². The zero-order chi connectivity index (χ0) is 15.7. The summed E-state index contributed by atoms with van der Waals surface area (Å²) in [7, 11) is 1.76. The highest BCUT2D eigenvalue weighted by molar-refractivity contribution is 5.87. The lowest BCUT2D eigenvalue weighted by molar-refractivity contribution is -0.206. The molecular formula is C19H30O3. The molecule has 3 unspecified atom stereocenters. The zero-order valence-electron chi connectivity index (χ0n) is 14.1. The van der Waals surface area contributed by atoms with Crippen LogP contribution in [0.15, 0.2) is 12.2 Å². The van der Waals surface area contributed by atoms with Gasteiger partial charge >= 0.3 is 5.97 Å². The van der Waals surface area contributed by atoms with E-state index in [0.717, 1.165) is 43.6 Å². The Hall–Kier alpha value is -0.830. The van der Waals surface area contributed by atoms with Crippen molar-refractivity contribution >= 4 is 5.97 Å². The van der Waals surface area contributed by atoms with Gasteiger partial charge in [-0.25, -0.2) is 4.79 Å². The Labute approximate surface area is 134 Å². The monoisotopic (exact) mass is 306 g/mol. The van der Waals surface area contributed by atoms with Crippen molar-refractivity contribution in [2.75, 3.05) is 13.7 Å². The summed E-state index contributed by atoms with van der Waals surface area (Å²) in [5, 5.41) is 0. The van der Waals surface area contributed by atoms with Crippen LogP contribution in [0.1, 0.15) is 58.3 Å². The molecule has 4 bridgehead atoms. The van der Waals surface area contributed by atoms with Crippen LogP contribution >= 0.6 is 0 Å². The molecule has 0 saturated heterocycles. The van der Waals surface area contributed by atoms with Gasteiger partial charge in [0, 0.05) is 25.2 Å². The first kappa shape index (κ1) is 16.0. The minimum atomic E-state index is -0.183. The predicted molar refractivity (Wildman–Crippen MR) is 86.4 cm³/mol. The molecule has 3 heteroatoms. The van der Waals surface area contributed by atoms with Crippen molar-refractivity contribution in [2.24, 2.45) is 23.7 Å². The average Bonchev–Trinajstić information content (AvgIpc) is 2.44. The van der Waals surface area contributed by atoms with Crippen LogP contribution in [0.4, 0.5) is 0 Å². The first-order chi connectivity index (χ1) is 10.5. The summed E-state index contributed by atoms with van der Waals surface area (Å²) in [6.45, 7) is 6.37. The summed E-state index contributed by atoms with van der Waals surface area (Å²) in [5.74, 6) is 2.72. The summed E-state index contributed by atoms with van der Waals surface area (Å²) in [6.07, 6.45) is 9.72. The number of carbonyl (C=O) groups is 1. The van der Waals surface area contributed by atoms with Crippen LogP contribution < -0.4 is 0 Å². The van der Waals surface area contributed by atoms with Crippen molar-refractivity contribution < 1.29 is 14.3 Å². The fraction of sp³-hybridized carbons (Fsp3) is 0.842. The first-order valence-electron chi connectivity index (χ1n) is 8.92. The molecule has 4 fully saturated rings. The quantitative estimate of drug-likeness (QED) is 0.403. The Morgan fingerprint density at radius 2 is 1.86 bits per heavy atom. The normalized spacial score (nSPS) is 39.0. The molecule has 0 radical (unpaired) electrons. The van der Waals surface area contributed by atoms with Crippen LogP contribution in [-0.2, 0) is 14.3 Å². The maximum absolute atomic E-state index is 12.2. The number of hydrogen-bond donors (Lipinski definition) is 0. The van der Waals surface area contributed by atoms with Crippen LogP contribution in [0.25, 0.3) is 0 Å². The van der Waals surface area contributed by atoms with E-state index in [1.54, 1.807) is 14.0 Å². The lowest BCUT2D eigenvalue weighted by Gasteiger charge is -2.60. The van der Waals surface area contributed by atoms with Crippen molar-refractivity contribution in [1.29, 1.82) is 0 Å². The minimum absolute atomic E-state index is 0.177. The van der Waals surface area contributed by atoms with Gasteiger partial charge in [-0.2, -0.15) is 0 Å². The van der Waals surface area contributed by atoms with E-state index in [1.807, 2.05) is 0 Å². The van der Waals surface area contributed by atoms with Crippen LogP contribution in [0.2, 0.25) is 0 Å². The second-order valence-electron chi connectivity index (χ2n) is 7.94. The number of unbranched alkanes of at least 4 members (excludes halogenated alkanes) is 1. The Bertz CT molecular complexity index is 428. The highest BCUT2D eigenvalue weighted by Gasteiger charge is 2.58. The van der Waals surface area contributed by atoms with E-state index in [4.69, 9.17) is 9.47 Å². The van der Waals surface area contributed by atoms with E-state index in [-0.39, 0.29) is 11.6 Å². The van der Waals surface area contributed by atoms with E-state index in [0.29, 0.717) is 11.5 Å². The van der Waals surface area contributed by atoms with Crippen molar-refractivity contribution in [3.63, 3.8) is 0 Å². The number of rotatable bonds is 7. The molecule has 124 valence electrons. The molecule has 0 heterocycles. The maximum atomic E-state index is 12.2. The van der Waals surface area contributed by atoms with Gasteiger partial charge in [0.25, 0.3) is 0 Å². The predicted octanol–water partition coefficient (Wildman–Crippen LogP) is 4.12. The fourth-order valence-electron chi connectivity index (χ4n) is 5.61. The van der Waals surface area contributed by atoms with E-state index < -0.39 is 0 Å². The van der Waals surface area contributed by atoms with Crippen LogP contribution in [-0.4, -0.2) is 25.3 Å². The molecule has 0 N–H and O–H groups in total. The van der Waals surface area contributed by atoms with Crippen molar-refractivity contribution in [2.45, 2.75) is 63.9 Å². The number of esters is 1. The Kier molecular flexibility index (Phi) is 4.63. The molecule has 4 aliphatic rings. The zero-order valence-corrected chi connectivity index (χ0v) is 14.1. The molecule has 0 aliphatic heterocycles. The molecule has 0 aromatic heterocycles. The Morgan fingerprint density at radius 1 is 1.18 bits per heavy atom. The third kappa shape index (κ3) is 2.97. The van der Waals surface area contributed by atoms with Gasteiger partial charge in [0.1, 0.15) is 5.60 Å². The average molecular weight is 306 g/mol. The molecular weight excluding hydrogens is 276 g/mol. The second kappa shape index (κ2) is 6.35. The molecule has 4 rings (SSSR count). The molecule has 0 aromatic carbocycles. The van der Waals surface area contributed by atoms with Gasteiger partial charge in [-0.05, 0) is 69.6 Å². The second-order valence-corrected chi connectivity index (χ2v) is 7.94. The Morgan fingerprint density at radius 3 is 2.45 bits per heavy atom. The van der Waals surface area contributed by atoms with Gasteiger partial charge in [0.05, 0.1) is 0 Å². The van der Waals surface area contributed by atoms with Crippen LogP contribution in [0, 0.1) is 23.7 Å². The SMILES string of the molecule is C=C(C)C(=O)OC12CC3CC(CC(C3)C1CCCCOC)C2. The first-order valence-corrected chi connectivity index (χ1v) is 8.92. The van der Waals surface area contributed by atoms with E-state index in [9.17, 15) is 4.79 Å². The van der Waals surface area contributed by atoms with Crippen molar-refractivity contribution in [3.8, 4) is 0 Å². The summed E-state index contributed by atoms with van der Waals surface area (Å²) in [5.41, 5.74) is 0.353. The maximum Gasteiger partial charge on any atom is 0.333 e. The molecule has 22 heavy (non-hydrogen) atoms. The Balaban J connectivity index is 1.73. The van der Waals surface area contributed by atoms with Gasteiger partial charge in [-0.1, -0.05) is 13.0 Å². The van der Waals surface area contributed by atoms with Gasteiger partial charge in [0.2, 0.25) is 0 Å². The number of carbonyl (C=O) groups excluding carboxylic acids is 1. The smallest absolute Gasteiger partial charge is 0.333 e. The topological polar surface area (TPSA) is 35.5 Å². The van der Waals surface area contributed by atoms with Gasteiger partial charge in [-0.3, -0.25) is 0 Å². The highest BCUT2D eigenvalue weighted by Crippen LogP contribution is 2.61. The lowest BCUT2D eigenvalue weighted by atomic mass is 9.49. The van der Waals surface area contributed by atoms with E-state index in [2.05, 4.69) is 6.58 Å². The molecule has 3 atom stereocenters. The number of methoxy groups -OCH3 is 1. The largest absolute Gasteiger partial charge is 0.455 e. The highest BCUT2D eigenvalue weighted by atomic mass is 16.6. The standard InChI is InChI=1S/C19H30O3/c1-13(2)18(20)22-19-11-14-8-15(12-19)10-16(9-14)17(19)6-4-5-7-21-3/h14-17H,1,4-12H2,2-3H3. The number of ether oxygens (including phenoxy) is 2. The molecule has 0 spiro atoms. The fourth-order valence-corrected chi connectivity index (χ4v) is 5.61. The van der Waals surface area contributed by atoms with Crippen molar-refractivity contribution in [3.05, 3.63) is 12.2 Å². The molecule has 4 saturated carbocycles. The lowest BCUT2D eigenvalue weighted by Crippen LogP contribution is -2.59. The van der Waals surface area contributed by atoms with Gasteiger partial charge < -0.3 is 9.47 Å². The third-order valence-corrected chi connectivity index (χ3v) is 6.21. The van der Waals surface area contributed by atoms with E-state index in [1.165, 1.54) is 32.1 Å². The van der Waals surface area contributed by atoms with Gasteiger partial charge in [0.15, 0.2) is 0 Å². The van der Waals surface area contributed by atoms with E-state index >= 15 is 0 Å². The molecule has 3 nitrogen and oxygen atoms in total. The van der Waals surface area contributed by atoms with Gasteiger partial charge in [-0.15, -0.1) is 0 Å². The summed E-state index contributed by atoms with van der Waals surface area (Å²) < 4.78 is 11.3. The minimum Gasteiger partial charge on any atom is -0.455 e. The summed E-state index contributed by atoms with van der Waals surface area (Å²) in [6, 6.07) is 0. The van der Waals surface area contributed by atoms with Crippen LogP contribution in [0.5, 0.6) is 0 Å². The summed E-state index contributed by atoms with van der Waals surface area (Å²) in [4.78, 5) is 12.2. The summed E-state index contributed by atoms with van der Waals surface area (Å²) >= 11 is 0. The third-order valence-electron chi connectivity index (χ3n) is 6.21. The molecule has 4 aliphatic carbocycles.